The number of rotatable bonds is 6. The number of aliphatic imine (C=N–C) groups is 1. The molecule has 0 spiro atoms. The number of ether oxygens (including phenoxy) is 2. The molecule has 1 aromatic heterocycles. The number of hydrogen-bond donors (Lipinski definition) is 2. The maximum Gasteiger partial charge on any atom is 0.191 e. The number of guanidine groups is 1. The van der Waals surface area contributed by atoms with Gasteiger partial charge in [-0.2, -0.15) is 0 Å². The highest BCUT2D eigenvalue weighted by molar-refractivity contribution is 5.79. The number of nitrogens with zero attached hydrogens (tertiary/aromatic N) is 3. The Balaban J connectivity index is 1.94. The molecule has 1 saturated heterocycles. The predicted molar refractivity (Wildman–Crippen MR) is 87.3 cm³/mol. The zero-order valence-corrected chi connectivity index (χ0v) is 13.3. The Morgan fingerprint density at radius 1 is 1.41 bits per heavy atom. The highest BCUT2D eigenvalue weighted by Gasteiger charge is 2.15. The van der Waals surface area contributed by atoms with Crippen LogP contribution in [-0.4, -0.2) is 64.6 Å². The van der Waals surface area contributed by atoms with Crippen LogP contribution < -0.4 is 15.5 Å². The first-order valence-corrected chi connectivity index (χ1v) is 7.55. The van der Waals surface area contributed by atoms with Crippen molar-refractivity contribution in [2.24, 2.45) is 4.99 Å². The number of pyridine rings is 1. The minimum Gasteiger partial charge on any atom is -0.383 e. The second kappa shape index (κ2) is 9.22. The molecule has 0 amide bonds. The van der Waals surface area contributed by atoms with Gasteiger partial charge in [-0.1, -0.05) is 6.07 Å². The Labute approximate surface area is 131 Å². The third-order valence-electron chi connectivity index (χ3n) is 3.45. The summed E-state index contributed by atoms with van der Waals surface area (Å²) < 4.78 is 10.4. The average Bonchev–Trinajstić information content (AvgIpc) is 2.59. The van der Waals surface area contributed by atoms with E-state index in [-0.39, 0.29) is 0 Å². The summed E-state index contributed by atoms with van der Waals surface area (Å²) >= 11 is 0. The molecule has 2 heterocycles. The van der Waals surface area contributed by atoms with Crippen LogP contribution in [0.3, 0.4) is 0 Å². The zero-order valence-electron chi connectivity index (χ0n) is 13.3. The SMILES string of the molecule is CN=C(NCCOC)NCc1cccnc1N1CCOCC1. The standard InChI is InChI=1S/C15H25N5O2/c1-16-15(18-6-9-21-2)19-12-13-4-3-5-17-14(13)20-7-10-22-11-8-20/h3-5H,6-12H2,1-2H3,(H2,16,18,19). The number of anilines is 1. The molecule has 0 radical (unpaired) electrons. The Kier molecular flexibility index (Phi) is 6.92. The number of morpholine rings is 1. The van der Waals surface area contributed by atoms with Gasteiger partial charge in [0.2, 0.25) is 0 Å². The van der Waals surface area contributed by atoms with Crippen molar-refractivity contribution >= 4 is 11.8 Å². The van der Waals surface area contributed by atoms with E-state index in [1.54, 1.807) is 14.2 Å². The van der Waals surface area contributed by atoms with Crippen LogP contribution >= 0.6 is 0 Å². The van der Waals surface area contributed by atoms with Gasteiger partial charge >= 0.3 is 0 Å². The number of methoxy groups -OCH3 is 1. The highest BCUT2D eigenvalue weighted by atomic mass is 16.5. The molecule has 1 aliphatic heterocycles. The topological polar surface area (TPSA) is 71.0 Å². The Morgan fingerprint density at radius 3 is 2.95 bits per heavy atom. The van der Waals surface area contributed by atoms with E-state index in [2.05, 4.69) is 31.6 Å². The van der Waals surface area contributed by atoms with E-state index in [0.717, 1.165) is 50.2 Å². The monoisotopic (exact) mass is 307 g/mol. The van der Waals surface area contributed by atoms with Crippen LogP contribution in [0, 0.1) is 0 Å². The van der Waals surface area contributed by atoms with Crippen molar-refractivity contribution in [3.05, 3.63) is 23.9 Å². The lowest BCUT2D eigenvalue weighted by Crippen LogP contribution is -2.40. The minimum atomic E-state index is 0.645. The molecule has 1 aliphatic rings. The van der Waals surface area contributed by atoms with Crippen molar-refractivity contribution in [3.8, 4) is 0 Å². The molecule has 1 aromatic rings. The maximum absolute atomic E-state index is 5.41. The van der Waals surface area contributed by atoms with Crippen LogP contribution in [0.4, 0.5) is 5.82 Å². The molecule has 0 aliphatic carbocycles. The fourth-order valence-corrected chi connectivity index (χ4v) is 2.30. The van der Waals surface area contributed by atoms with Gasteiger partial charge in [-0.25, -0.2) is 4.98 Å². The second-order valence-corrected chi connectivity index (χ2v) is 4.93. The first-order valence-electron chi connectivity index (χ1n) is 7.55. The van der Waals surface area contributed by atoms with Crippen molar-refractivity contribution in [2.75, 3.05) is 58.5 Å². The summed E-state index contributed by atoms with van der Waals surface area (Å²) in [4.78, 5) is 11.0. The van der Waals surface area contributed by atoms with Crippen molar-refractivity contribution in [3.63, 3.8) is 0 Å². The summed E-state index contributed by atoms with van der Waals surface area (Å²) in [5, 5.41) is 6.51. The third-order valence-corrected chi connectivity index (χ3v) is 3.45. The summed E-state index contributed by atoms with van der Waals surface area (Å²) in [5.41, 5.74) is 1.15. The Morgan fingerprint density at radius 2 is 2.23 bits per heavy atom. The molecule has 0 aromatic carbocycles. The Hall–Kier alpha value is -1.86. The van der Waals surface area contributed by atoms with E-state index in [1.807, 2.05) is 12.3 Å². The first kappa shape index (κ1) is 16.5. The van der Waals surface area contributed by atoms with Gasteiger partial charge in [-0.05, 0) is 6.07 Å². The van der Waals surface area contributed by atoms with Gasteiger partial charge in [0.25, 0.3) is 0 Å². The van der Waals surface area contributed by atoms with Gasteiger partial charge < -0.3 is 25.0 Å². The lowest BCUT2D eigenvalue weighted by atomic mass is 10.2. The van der Waals surface area contributed by atoms with Crippen LogP contribution in [0.15, 0.2) is 23.3 Å². The molecular formula is C15H25N5O2. The Bertz CT molecular complexity index is 475. The van der Waals surface area contributed by atoms with E-state index in [1.165, 1.54) is 0 Å². The molecule has 2 N–H and O–H groups in total. The molecule has 0 bridgehead atoms. The fourth-order valence-electron chi connectivity index (χ4n) is 2.30. The van der Waals surface area contributed by atoms with Crippen molar-refractivity contribution < 1.29 is 9.47 Å². The molecule has 7 nitrogen and oxygen atoms in total. The van der Waals surface area contributed by atoms with Crippen molar-refractivity contribution in [1.29, 1.82) is 0 Å². The minimum absolute atomic E-state index is 0.645. The smallest absolute Gasteiger partial charge is 0.191 e. The van der Waals surface area contributed by atoms with Gasteiger partial charge in [0.1, 0.15) is 5.82 Å². The first-order chi connectivity index (χ1) is 10.8. The second-order valence-electron chi connectivity index (χ2n) is 4.93. The quantitative estimate of drug-likeness (QED) is 0.445. The number of aromatic nitrogens is 1. The molecule has 22 heavy (non-hydrogen) atoms. The van der Waals surface area contributed by atoms with Gasteiger partial charge in [-0.3, -0.25) is 4.99 Å². The summed E-state index contributed by atoms with van der Waals surface area (Å²) in [5.74, 6) is 1.78. The molecule has 7 heteroatoms. The van der Waals surface area contributed by atoms with Gasteiger partial charge in [-0.15, -0.1) is 0 Å². The van der Waals surface area contributed by atoms with E-state index in [0.29, 0.717) is 13.2 Å². The van der Waals surface area contributed by atoms with Crippen LogP contribution in [0.1, 0.15) is 5.56 Å². The van der Waals surface area contributed by atoms with Crippen LogP contribution in [0.2, 0.25) is 0 Å². The summed E-state index contributed by atoms with van der Waals surface area (Å²) in [6.45, 7) is 5.31. The van der Waals surface area contributed by atoms with E-state index in [9.17, 15) is 0 Å². The van der Waals surface area contributed by atoms with Gasteiger partial charge in [0, 0.05) is 52.1 Å². The third kappa shape index (κ3) is 4.85. The molecule has 2 rings (SSSR count). The van der Waals surface area contributed by atoms with Crippen molar-refractivity contribution in [1.82, 2.24) is 15.6 Å². The summed E-state index contributed by atoms with van der Waals surface area (Å²) in [7, 11) is 3.44. The van der Waals surface area contributed by atoms with E-state index < -0.39 is 0 Å². The lowest BCUT2D eigenvalue weighted by Gasteiger charge is -2.29. The van der Waals surface area contributed by atoms with E-state index >= 15 is 0 Å². The van der Waals surface area contributed by atoms with Crippen LogP contribution in [0.25, 0.3) is 0 Å². The van der Waals surface area contributed by atoms with Crippen molar-refractivity contribution in [2.45, 2.75) is 6.54 Å². The van der Waals surface area contributed by atoms with E-state index in [4.69, 9.17) is 9.47 Å². The predicted octanol–water partition coefficient (Wildman–Crippen LogP) is 0.230. The zero-order chi connectivity index (χ0) is 15.6. The molecule has 122 valence electrons. The van der Waals surface area contributed by atoms with Crippen LogP contribution in [0.5, 0.6) is 0 Å². The average molecular weight is 307 g/mol. The van der Waals surface area contributed by atoms with Crippen LogP contribution in [-0.2, 0) is 16.0 Å². The largest absolute Gasteiger partial charge is 0.383 e. The molecule has 0 unspecified atom stereocenters. The molecular weight excluding hydrogens is 282 g/mol. The molecule has 1 fully saturated rings. The lowest BCUT2D eigenvalue weighted by molar-refractivity contribution is 0.122. The molecule has 0 atom stereocenters. The summed E-state index contributed by atoms with van der Waals surface area (Å²) in [6.07, 6.45) is 1.83. The highest BCUT2D eigenvalue weighted by Crippen LogP contribution is 2.18. The number of nitrogens with one attached hydrogen (secondary N) is 2. The number of hydrogen-bond acceptors (Lipinski definition) is 5. The normalized spacial score (nSPS) is 15.7. The summed E-state index contributed by atoms with van der Waals surface area (Å²) in [6, 6.07) is 4.05. The maximum atomic E-state index is 5.41. The van der Waals surface area contributed by atoms with Gasteiger partial charge in [0.15, 0.2) is 5.96 Å². The molecule has 0 saturated carbocycles. The fraction of sp³-hybridized carbons (Fsp3) is 0.600. The van der Waals surface area contributed by atoms with Gasteiger partial charge in [0.05, 0.1) is 19.8 Å².